The quantitative estimate of drug-likeness (QED) is 0.795. The van der Waals surface area contributed by atoms with E-state index in [4.69, 9.17) is 4.74 Å². The molecule has 1 aliphatic carbocycles. The first-order chi connectivity index (χ1) is 10.3. The van der Waals surface area contributed by atoms with E-state index in [1.54, 1.807) is 6.20 Å². The summed E-state index contributed by atoms with van der Waals surface area (Å²) in [6.45, 7) is 2.22. The fraction of sp³-hybridized carbons (Fsp3) is 0.412. The molecule has 0 unspecified atom stereocenters. The van der Waals surface area contributed by atoms with E-state index in [1.807, 2.05) is 30.3 Å². The van der Waals surface area contributed by atoms with Crippen LogP contribution in [0.3, 0.4) is 0 Å². The molecule has 1 heterocycles. The Kier molecular flexibility index (Phi) is 4.46. The first-order valence-corrected chi connectivity index (χ1v) is 7.54. The minimum Gasteiger partial charge on any atom is -0.381 e. The van der Waals surface area contributed by atoms with E-state index in [1.165, 1.54) is 12.8 Å². The van der Waals surface area contributed by atoms with Gasteiger partial charge in [0, 0.05) is 31.3 Å². The molecule has 1 aliphatic rings. The summed E-state index contributed by atoms with van der Waals surface area (Å²) in [6, 6.07) is 9.50. The highest BCUT2D eigenvalue weighted by atomic mass is 16.5. The Labute approximate surface area is 124 Å². The fourth-order valence-corrected chi connectivity index (χ4v) is 2.29. The number of hydrogen-bond acceptors (Lipinski definition) is 3. The number of para-hydroxylation sites is 1. The molecule has 0 radical (unpaired) electrons. The predicted molar refractivity (Wildman–Crippen MR) is 82.2 cm³/mol. The topological polar surface area (TPSA) is 51.2 Å². The molecule has 0 aliphatic heterocycles. The van der Waals surface area contributed by atoms with Gasteiger partial charge in [0.2, 0.25) is 0 Å². The lowest BCUT2D eigenvalue weighted by atomic mass is 10.1. The Balaban J connectivity index is 1.49. The molecule has 0 bridgehead atoms. The molecule has 1 aromatic heterocycles. The molecule has 0 saturated heterocycles. The van der Waals surface area contributed by atoms with Crippen LogP contribution in [-0.4, -0.2) is 30.6 Å². The van der Waals surface area contributed by atoms with Crippen molar-refractivity contribution in [1.82, 2.24) is 10.3 Å². The van der Waals surface area contributed by atoms with Gasteiger partial charge in [-0.1, -0.05) is 18.2 Å². The van der Waals surface area contributed by atoms with Crippen molar-refractivity contribution in [1.29, 1.82) is 0 Å². The van der Waals surface area contributed by atoms with Gasteiger partial charge >= 0.3 is 0 Å². The summed E-state index contributed by atoms with van der Waals surface area (Å²) in [4.78, 5) is 16.5. The lowest BCUT2D eigenvalue weighted by Gasteiger charge is -2.07. The third kappa shape index (κ3) is 3.79. The molecule has 1 saturated carbocycles. The number of amides is 1. The summed E-state index contributed by atoms with van der Waals surface area (Å²) in [6.07, 6.45) is 5.18. The van der Waals surface area contributed by atoms with Gasteiger partial charge in [-0.25, -0.2) is 0 Å². The molecule has 0 atom stereocenters. The Morgan fingerprint density at radius 1 is 1.29 bits per heavy atom. The van der Waals surface area contributed by atoms with Gasteiger partial charge in [0.05, 0.1) is 11.1 Å². The number of rotatable bonds is 7. The third-order valence-corrected chi connectivity index (χ3v) is 3.68. The number of pyridine rings is 1. The minimum atomic E-state index is -0.0681. The Hall–Kier alpha value is -1.94. The molecule has 1 N–H and O–H groups in total. The zero-order chi connectivity index (χ0) is 14.5. The van der Waals surface area contributed by atoms with Crippen LogP contribution in [0.1, 0.15) is 29.6 Å². The molecule has 3 rings (SSSR count). The summed E-state index contributed by atoms with van der Waals surface area (Å²) in [7, 11) is 0. The van der Waals surface area contributed by atoms with Crippen molar-refractivity contribution >= 4 is 16.8 Å². The second-order valence-corrected chi connectivity index (χ2v) is 5.51. The van der Waals surface area contributed by atoms with Crippen LogP contribution >= 0.6 is 0 Å². The Bertz CT molecular complexity index is 618. The number of carbonyl (C=O) groups is 1. The SMILES string of the molecule is O=C(NCCCOCC1CC1)c1cccc2cccnc12. The number of benzene rings is 1. The number of nitrogens with zero attached hydrogens (tertiary/aromatic N) is 1. The Morgan fingerprint density at radius 2 is 2.14 bits per heavy atom. The highest BCUT2D eigenvalue weighted by Gasteiger charge is 2.20. The van der Waals surface area contributed by atoms with E-state index >= 15 is 0 Å². The second kappa shape index (κ2) is 6.68. The monoisotopic (exact) mass is 284 g/mol. The smallest absolute Gasteiger partial charge is 0.253 e. The average molecular weight is 284 g/mol. The van der Waals surface area contributed by atoms with Gasteiger partial charge in [-0.2, -0.15) is 0 Å². The molecular weight excluding hydrogens is 264 g/mol. The standard InChI is InChI=1S/C17H20N2O2/c20-17(19-10-3-11-21-12-13-7-8-13)15-6-1-4-14-5-2-9-18-16(14)15/h1-2,4-6,9,13H,3,7-8,10-12H2,(H,19,20). The zero-order valence-electron chi connectivity index (χ0n) is 12.0. The summed E-state index contributed by atoms with van der Waals surface area (Å²) < 4.78 is 5.55. The van der Waals surface area contributed by atoms with Gasteiger partial charge in [-0.05, 0) is 37.3 Å². The maximum Gasteiger partial charge on any atom is 0.253 e. The van der Waals surface area contributed by atoms with Crippen molar-refractivity contribution in [3.8, 4) is 0 Å². The van der Waals surface area contributed by atoms with E-state index < -0.39 is 0 Å². The lowest BCUT2D eigenvalue weighted by Crippen LogP contribution is -2.25. The van der Waals surface area contributed by atoms with Gasteiger partial charge in [-0.15, -0.1) is 0 Å². The third-order valence-electron chi connectivity index (χ3n) is 3.68. The number of nitrogens with one attached hydrogen (secondary N) is 1. The van der Waals surface area contributed by atoms with Crippen LogP contribution in [-0.2, 0) is 4.74 Å². The van der Waals surface area contributed by atoms with Gasteiger partial charge in [0.1, 0.15) is 0 Å². The largest absolute Gasteiger partial charge is 0.381 e. The summed E-state index contributed by atoms with van der Waals surface area (Å²) in [5.41, 5.74) is 1.38. The molecule has 2 aromatic rings. The molecule has 1 fully saturated rings. The predicted octanol–water partition coefficient (Wildman–Crippen LogP) is 2.78. The summed E-state index contributed by atoms with van der Waals surface area (Å²) in [5.74, 6) is 0.725. The van der Waals surface area contributed by atoms with Crippen molar-refractivity contribution in [2.24, 2.45) is 5.92 Å². The number of fused-ring (bicyclic) bond motifs is 1. The van der Waals surface area contributed by atoms with Crippen molar-refractivity contribution in [3.63, 3.8) is 0 Å². The van der Waals surface area contributed by atoms with Gasteiger partial charge in [0.25, 0.3) is 5.91 Å². The first kappa shape index (κ1) is 14.0. The zero-order valence-corrected chi connectivity index (χ0v) is 12.0. The molecule has 110 valence electrons. The van der Waals surface area contributed by atoms with Crippen molar-refractivity contribution < 1.29 is 9.53 Å². The van der Waals surface area contributed by atoms with Gasteiger partial charge in [-0.3, -0.25) is 9.78 Å². The van der Waals surface area contributed by atoms with Gasteiger partial charge in [0.15, 0.2) is 0 Å². The van der Waals surface area contributed by atoms with Crippen LogP contribution < -0.4 is 5.32 Å². The molecule has 1 aromatic carbocycles. The van der Waals surface area contributed by atoms with Crippen LogP contribution in [0.15, 0.2) is 36.5 Å². The van der Waals surface area contributed by atoms with Crippen LogP contribution in [0, 0.1) is 5.92 Å². The van der Waals surface area contributed by atoms with Crippen LogP contribution in [0.4, 0.5) is 0 Å². The molecule has 0 spiro atoms. The second-order valence-electron chi connectivity index (χ2n) is 5.51. The molecule has 21 heavy (non-hydrogen) atoms. The molecular formula is C17H20N2O2. The Morgan fingerprint density at radius 3 is 3.00 bits per heavy atom. The molecule has 1 amide bonds. The van der Waals surface area contributed by atoms with Crippen LogP contribution in [0.5, 0.6) is 0 Å². The maximum absolute atomic E-state index is 12.2. The maximum atomic E-state index is 12.2. The van der Waals surface area contributed by atoms with E-state index in [9.17, 15) is 4.79 Å². The fourth-order valence-electron chi connectivity index (χ4n) is 2.29. The normalized spacial score (nSPS) is 14.3. The highest BCUT2D eigenvalue weighted by Crippen LogP contribution is 2.28. The van der Waals surface area contributed by atoms with Crippen molar-refractivity contribution in [2.75, 3.05) is 19.8 Å². The average Bonchev–Trinajstić information content (AvgIpc) is 3.34. The van der Waals surface area contributed by atoms with Crippen LogP contribution in [0.25, 0.3) is 10.9 Å². The number of aromatic nitrogens is 1. The van der Waals surface area contributed by atoms with Crippen molar-refractivity contribution in [2.45, 2.75) is 19.3 Å². The van der Waals surface area contributed by atoms with Crippen molar-refractivity contribution in [3.05, 3.63) is 42.1 Å². The van der Waals surface area contributed by atoms with E-state index in [0.29, 0.717) is 18.7 Å². The van der Waals surface area contributed by atoms with E-state index in [-0.39, 0.29) is 5.91 Å². The number of carbonyl (C=O) groups excluding carboxylic acids is 1. The number of ether oxygens (including phenoxy) is 1. The van der Waals surface area contributed by atoms with E-state index in [2.05, 4.69) is 10.3 Å². The highest BCUT2D eigenvalue weighted by molar-refractivity contribution is 6.05. The molecule has 4 nitrogen and oxygen atoms in total. The number of hydrogen-bond donors (Lipinski definition) is 1. The summed E-state index contributed by atoms with van der Waals surface area (Å²) >= 11 is 0. The molecule has 4 heteroatoms. The summed E-state index contributed by atoms with van der Waals surface area (Å²) in [5, 5.41) is 3.92. The van der Waals surface area contributed by atoms with Crippen LogP contribution in [0.2, 0.25) is 0 Å². The minimum absolute atomic E-state index is 0.0681. The van der Waals surface area contributed by atoms with Gasteiger partial charge < -0.3 is 10.1 Å². The lowest BCUT2D eigenvalue weighted by molar-refractivity contribution is 0.0939. The van der Waals surface area contributed by atoms with E-state index in [0.717, 1.165) is 29.8 Å². The first-order valence-electron chi connectivity index (χ1n) is 7.54.